The van der Waals surface area contributed by atoms with Crippen molar-refractivity contribution in [3.63, 3.8) is 0 Å². The Morgan fingerprint density at radius 1 is 1.46 bits per heavy atom. The molecule has 1 amide bonds. The van der Waals surface area contributed by atoms with Gasteiger partial charge in [0.2, 0.25) is 5.71 Å². The Morgan fingerprint density at radius 3 is 2.46 bits per heavy atom. The third-order valence-corrected chi connectivity index (χ3v) is 1.85. The Bertz CT molecular complexity index is 200. The first-order valence-corrected chi connectivity index (χ1v) is 4.69. The Hall–Kier alpha value is -1.06. The molecule has 4 nitrogen and oxygen atoms in total. The molecule has 0 bridgehead atoms. The lowest BCUT2D eigenvalue weighted by atomic mass is 10.3. The molecule has 0 spiro atoms. The number of hydrogen-bond donors (Lipinski definition) is 1. The average molecular weight is 187 g/mol. The Labute approximate surface area is 79.3 Å². The van der Waals surface area contributed by atoms with Crippen LogP contribution in [0.5, 0.6) is 0 Å². The molecule has 4 heteroatoms. The molecule has 0 fully saturated rings. The van der Waals surface area contributed by atoms with Crippen LogP contribution in [0.1, 0.15) is 40.0 Å². The number of nitrogens with zero attached hydrogens (tertiary/aromatic N) is 1. The van der Waals surface area contributed by atoms with Crippen LogP contribution in [-0.4, -0.2) is 23.1 Å². The third kappa shape index (κ3) is 5.22. The van der Waals surface area contributed by atoms with E-state index >= 15 is 0 Å². The van der Waals surface area contributed by atoms with Crippen LogP contribution < -0.4 is 5.73 Å². The van der Waals surface area contributed by atoms with Crippen LogP contribution in [0.3, 0.4) is 0 Å². The smallest absolute Gasteiger partial charge is 0.330 e. The highest BCUT2D eigenvalue weighted by atomic mass is 16.7. The fourth-order valence-corrected chi connectivity index (χ4v) is 0.901. The van der Waals surface area contributed by atoms with Crippen LogP contribution in [0, 0.1) is 0 Å². The van der Waals surface area contributed by atoms with E-state index < -0.39 is 6.09 Å². The lowest BCUT2D eigenvalue weighted by Gasteiger charge is -2.01. The van der Waals surface area contributed by atoms with E-state index in [9.17, 15) is 4.79 Å². The van der Waals surface area contributed by atoms with Gasteiger partial charge in [0.05, 0.1) is 0 Å². The predicted molar refractivity (Wildman–Crippen MR) is 51.7 cm³/mol. The zero-order valence-corrected chi connectivity index (χ0v) is 8.67. The molecule has 2 N–H and O–H groups in total. The molecule has 0 saturated carbocycles. The lowest BCUT2D eigenvalue weighted by molar-refractivity contribution is -0.760. The summed E-state index contributed by atoms with van der Waals surface area (Å²) in [5, 5.41) is 0. The highest BCUT2D eigenvalue weighted by Gasteiger charge is 2.13. The molecule has 76 valence electrons. The van der Waals surface area contributed by atoms with E-state index in [0.717, 1.165) is 31.5 Å². The van der Waals surface area contributed by atoms with Gasteiger partial charge < -0.3 is 5.73 Å². The van der Waals surface area contributed by atoms with Crippen LogP contribution in [-0.2, 0) is 4.84 Å². The van der Waals surface area contributed by atoms with Crippen molar-refractivity contribution >= 4 is 11.8 Å². The molecule has 0 aliphatic carbocycles. The van der Waals surface area contributed by atoms with Crippen molar-refractivity contribution < 1.29 is 14.4 Å². The van der Waals surface area contributed by atoms with Gasteiger partial charge in [-0.2, -0.15) is 4.84 Å². The summed E-state index contributed by atoms with van der Waals surface area (Å²) in [7, 11) is 0. The topological polar surface area (TPSA) is 55.3 Å². The number of primary amides is 1. The molecule has 0 atom stereocenters. The maximum atomic E-state index is 10.5. The number of hydroxylamine groups is 1. The van der Waals surface area contributed by atoms with E-state index in [2.05, 4.69) is 6.92 Å². The van der Waals surface area contributed by atoms with Gasteiger partial charge in [0, 0.05) is 19.8 Å². The zero-order chi connectivity index (χ0) is 10.3. The zero-order valence-electron chi connectivity index (χ0n) is 8.67. The highest BCUT2D eigenvalue weighted by molar-refractivity contribution is 5.76. The number of rotatable bonds is 5. The first-order chi connectivity index (χ1) is 6.11. The minimum atomic E-state index is -0.746. The largest absolute Gasteiger partial charge is 0.472 e. The van der Waals surface area contributed by atoms with Crippen molar-refractivity contribution in [2.75, 3.05) is 6.54 Å². The second kappa shape index (κ2) is 6.46. The molecule has 0 saturated heterocycles. The van der Waals surface area contributed by atoms with Gasteiger partial charge >= 0.3 is 6.09 Å². The van der Waals surface area contributed by atoms with Crippen molar-refractivity contribution in [3.05, 3.63) is 0 Å². The molecule has 0 rings (SSSR count). The first-order valence-electron chi connectivity index (χ1n) is 4.69. The fraction of sp³-hybridized carbons (Fsp3) is 0.778. The molecule has 13 heavy (non-hydrogen) atoms. The van der Waals surface area contributed by atoms with Gasteiger partial charge in [-0.1, -0.05) is 13.8 Å². The third-order valence-electron chi connectivity index (χ3n) is 1.85. The van der Waals surface area contributed by atoms with E-state index in [-0.39, 0.29) is 0 Å². The van der Waals surface area contributed by atoms with Crippen molar-refractivity contribution in [1.29, 1.82) is 0 Å². The van der Waals surface area contributed by atoms with Gasteiger partial charge in [-0.15, -0.1) is 0 Å². The summed E-state index contributed by atoms with van der Waals surface area (Å²) in [5.74, 6) is 0. The minimum Gasteiger partial charge on any atom is -0.330 e. The summed E-state index contributed by atoms with van der Waals surface area (Å²) in [6.07, 6.45) is 2.17. The highest BCUT2D eigenvalue weighted by Crippen LogP contribution is 1.94. The molecule has 0 aromatic carbocycles. The Kier molecular flexibility index (Phi) is 5.93. The number of carbonyl (C=O) groups excluding carboxylic acids is 1. The summed E-state index contributed by atoms with van der Waals surface area (Å²) in [4.78, 5) is 15.4. The van der Waals surface area contributed by atoms with Gasteiger partial charge in [0.1, 0.15) is 0 Å². The summed E-state index contributed by atoms with van der Waals surface area (Å²) < 4.78 is 1.58. The summed E-state index contributed by atoms with van der Waals surface area (Å²) in [6.45, 7) is 6.75. The van der Waals surface area contributed by atoms with Gasteiger partial charge in [0.15, 0.2) is 6.54 Å². The van der Waals surface area contributed by atoms with Gasteiger partial charge in [-0.25, -0.2) is 4.79 Å². The molecule has 0 aromatic rings. The van der Waals surface area contributed by atoms with E-state index in [4.69, 9.17) is 10.6 Å². The van der Waals surface area contributed by atoms with Gasteiger partial charge in [-0.05, 0) is 11.2 Å². The molecular weight excluding hydrogens is 168 g/mol. The summed E-state index contributed by atoms with van der Waals surface area (Å²) >= 11 is 0. The maximum Gasteiger partial charge on any atom is 0.472 e. The standard InChI is InChI=1S/C9H18N2O2/c1-4-6-7-11(8(3)5-2)13-9(10)12/h4-7H2,1-3H3,(H-,10,12)/p+1. The summed E-state index contributed by atoms with van der Waals surface area (Å²) in [6, 6.07) is 0. The molecular formula is C9H19N2O2+. The van der Waals surface area contributed by atoms with Crippen molar-refractivity contribution in [3.8, 4) is 0 Å². The molecule has 0 aliphatic heterocycles. The molecule has 0 heterocycles. The summed E-state index contributed by atoms with van der Waals surface area (Å²) in [5.41, 5.74) is 5.96. The SMILES string of the molecule is CCCC[N+](OC(N)=O)=C(C)CC. The number of amides is 1. The number of carbonyl (C=O) groups is 1. The van der Waals surface area contributed by atoms with E-state index in [1.165, 1.54) is 0 Å². The quantitative estimate of drug-likeness (QED) is 0.308. The molecule has 0 aliphatic rings. The van der Waals surface area contributed by atoms with Crippen LogP contribution in [0.15, 0.2) is 0 Å². The molecule has 0 unspecified atom stereocenters. The monoisotopic (exact) mass is 187 g/mol. The van der Waals surface area contributed by atoms with Crippen LogP contribution in [0.25, 0.3) is 0 Å². The number of hydrogen-bond acceptors (Lipinski definition) is 2. The minimum absolute atomic E-state index is 0.721. The van der Waals surface area contributed by atoms with E-state index in [1.54, 1.807) is 4.74 Å². The predicted octanol–water partition coefficient (Wildman–Crippen LogP) is 1.68. The van der Waals surface area contributed by atoms with Crippen molar-refractivity contribution in [1.82, 2.24) is 0 Å². The fourth-order valence-electron chi connectivity index (χ4n) is 0.901. The van der Waals surface area contributed by atoms with Crippen LogP contribution in [0.2, 0.25) is 0 Å². The molecule has 0 aromatic heterocycles. The lowest BCUT2D eigenvalue weighted by Crippen LogP contribution is -2.27. The second-order valence-electron chi connectivity index (χ2n) is 2.95. The normalized spacial score (nSPS) is 12.2. The second-order valence-corrected chi connectivity index (χ2v) is 2.95. The molecule has 0 radical (unpaired) electrons. The van der Waals surface area contributed by atoms with Crippen molar-refractivity contribution in [2.24, 2.45) is 5.73 Å². The van der Waals surface area contributed by atoms with Gasteiger partial charge in [0.25, 0.3) is 0 Å². The van der Waals surface area contributed by atoms with Crippen LogP contribution >= 0.6 is 0 Å². The maximum absolute atomic E-state index is 10.5. The first kappa shape index (κ1) is 11.9. The number of unbranched alkanes of at least 4 members (excludes halogenated alkanes) is 1. The van der Waals surface area contributed by atoms with Gasteiger partial charge in [-0.3, -0.25) is 0 Å². The van der Waals surface area contributed by atoms with E-state index in [0.29, 0.717) is 0 Å². The average Bonchev–Trinajstić information content (AvgIpc) is 2.10. The van der Waals surface area contributed by atoms with Crippen molar-refractivity contribution in [2.45, 2.75) is 40.0 Å². The van der Waals surface area contributed by atoms with Crippen LogP contribution in [0.4, 0.5) is 4.79 Å². The Morgan fingerprint density at radius 2 is 2.08 bits per heavy atom. The van der Waals surface area contributed by atoms with E-state index in [1.807, 2.05) is 13.8 Å². The number of nitrogens with two attached hydrogens (primary N) is 1. The Balaban J connectivity index is 4.27.